The highest BCUT2D eigenvalue weighted by molar-refractivity contribution is 7.92. The van der Waals surface area contributed by atoms with Gasteiger partial charge in [0.05, 0.1) is 19.1 Å². The van der Waals surface area contributed by atoms with Crippen LogP contribution < -0.4 is 19.3 Å². The van der Waals surface area contributed by atoms with E-state index >= 15 is 0 Å². The lowest BCUT2D eigenvalue weighted by Crippen LogP contribution is -2.47. The van der Waals surface area contributed by atoms with Gasteiger partial charge in [0, 0.05) is 30.4 Å². The van der Waals surface area contributed by atoms with Crippen LogP contribution in [0.3, 0.4) is 0 Å². The highest BCUT2D eigenvalue weighted by atomic mass is 32.2. The van der Waals surface area contributed by atoms with Crippen molar-refractivity contribution in [2.45, 2.75) is 32.2 Å². The van der Waals surface area contributed by atoms with Crippen LogP contribution in [0.2, 0.25) is 0 Å². The van der Waals surface area contributed by atoms with Gasteiger partial charge in [-0.1, -0.05) is 13.0 Å². The summed E-state index contributed by atoms with van der Waals surface area (Å²) in [6.45, 7) is 2.44. The van der Waals surface area contributed by atoms with Gasteiger partial charge < -0.3 is 15.0 Å². The third kappa shape index (κ3) is 5.16. The van der Waals surface area contributed by atoms with Crippen molar-refractivity contribution in [3.05, 3.63) is 48.5 Å². The van der Waals surface area contributed by atoms with Crippen molar-refractivity contribution < 1.29 is 22.7 Å². The average Bonchev–Trinajstić information content (AvgIpc) is 3.17. The maximum absolute atomic E-state index is 13.0. The summed E-state index contributed by atoms with van der Waals surface area (Å²) in [7, 11) is -2.25. The molecule has 0 aliphatic carbocycles. The van der Waals surface area contributed by atoms with E-state index < -0.39 is 22.0 Å². The number of amides is 2. The van der Waals surface area contributed by atoms with Crippen molar-refractivity contribution in [1.82, 2.24) is 0 Å². The summed E-state index contributed by atoms with van der Waals surface area (Å²) < 4.78 is 31.5. The number of hydrogen-bond acceptors (Lipinski definition) is 5. The van der Waals surface area contributed by atoms with Gasteiger partial charge in [0.25, 0.3) is 0 Å². The molecule has 0 radical (unpaired) electrons. The van der Waals surface area contributed by atoms with Crippen molar-refractivity contribution in [2.24, 2.45) is 0 Å². The van der Waals surface area contributed by atoms with Crippen LogP contribution in [0.25, 0.3) is 0 Å². The average molecular weight is 446 g/mol. The molecule has 1 aliphatic rings. The normalized spacial score (nSPS) is 14.9. The lowest BCUT2D eigenvalue weighted by atomic mass is 10.1. The Morgan fingerprint density at radius 2 is 1.94 bits per heavy atom. The molecule has 3 rings (SSSR count). The smallest absolute Gasteiger partial charge is 0.248 e. The van der Waals surface area contributed by atoms with Crippen LogP contribution in [0.15, 0.2) is 48.5 Å². The number of sulfonamides is 1. The van der Waals surface area contributed by atoms with E-state index in [1.165, 1.54) is 7.11 Å². The largest absolute Gasteiger partial charge is 0.497 e. The first-order chi connectivity index (χ1) is 14.7. The van der Waals surface area contributed by atoms with E-state index in [9.17, 15) is 18.0 Å². The molecule has 1 atom stereocenters. The zero-order chi connectivity index (χ0) is 22.6. The Morgan fingerprint density at radius 3 is 2.48 bits per heavy atom. The molecule has 1 heterocycles. The number of anilines is 3. The van der Waals surface area contributed by atoms with E-state index in [1.807, 2.05) is 0 Å². The summed E-state index contributed by atoms with van der Waals surface area (Å²) in [5.41, 5.74) is 1.66. The monoisotopic (exact) mass is 445 g/mol. The van der Waals surface area contributed by atoms with Crippen molar-refractivity contribution in [3.8, 4) is 5.75 Å². The van der Waals surface area contributed by atoms with Gasteiger partial charge in [-0.05, 0) is 49.2 Å². The van der Waals surface area contributed by atoms with Crippen molar-refractivity contribution in [1.29, 1.82) is 0 Å². The molecule has 1 aliphatic heterocycles. The van der Waals surface area contributed by atoms with Gasteiger partial charge in [-0.2, -0.15) is 0 Å². The minimum Gasteiger partial charge on any atom is -0.497 e. The molecule has 2 amide bonds. The fraction of sp³-hybridized carbons (Fsp3) is 0.364. The summed E-state index contributed by atoms with van der Waals surface area (Å²) in [6, 6.07) is 12.6. The number of nitrogens with zero attached hydrogens (tertiary/aromatic N) is 2. The Balaban J connectivity index is 1.82. The Hall–Kier alpha value is -3.07. The Labute approximate surface area is 182 Å². The molecule has 8 nitrogen and oxygen atoms in total. The molecule has 0 bridgehead atoms. The number of carbonyl (C=O) groups is 2. The molecule has 2 aromatic carbocycles. The second-order valence-electron chi connectivity index (χ2n) is 7.37. The van der Waals surface area contributed by atoms with Crippen LogP contribution in [0.1, 0.15) is 26.2 Å². The van der Waals surface area contributed by atoms with Gasteiger partial charge in [0.2, 0.25) is 21.8 Å². The van der Waals surface area contributed by atoms with Crippen molar-refractivity contribution in [2.75, 3.05) is 34.4 Å². The number of ether oxygens (including phenoxy) is 1. The van der Waals surface area contributed by atoms with Crippen LogP contribution in [0, 0.1) is 0 Å². The molecule has 0 saturated carbocycles. The molecular formula is C22H27N3O5S. The number of rotatable bonds is 8. The van der Waals surface area contributed by atoms with E-state index in [2.05, 4.69) is 5.32 Å². The molecule has 1 fully saturated rings. The molecule has 9 heteroatoms. The highest BCUT2D eigenvalue weighted by Gasteiger charge is 2.32. The first-order valence-electron chi connectivity index (χ1n) is 10.1. The Bertz CT molecular complexity index is 1050. The number of nitrogens with one attached hydrogen (secondary N) is 1. The molecule has 166 valence electrons. The maximum Gasteiger partial charge on any atom is 0.248 e. The minimum absolute atomic E-state index is 0.0879. The van der Waals surface area contributed by atoms with Crippen LogP contribution in [0.4, 0.5) is 17.1 Å². The van der Waals surface area contributed by atoms with Crippen LogP contribution >= 0.6 is 0 Å². The molecule has 2 aromatic rings. The molecule has 1 saturated heterocycles. The first kappa shape index (κ1) is 22.6. The van der Waals surface area contributed by atoms with E-state index in [4.69, 9.17) is 4.74 Å². The summed E-state index contributed by atoms with van der Waals surface area (Å²) in [5.74, 6) is 0.138. The highest BCUT2D eigenvalue weighted by Crippen LogP contribution is 2.27. The fourth-order valence-corrected chi connectivity index (χ4v) is 4.88. The van der Waals surface area contributed by atoms with Gasteiger partial charge in [-0.25, -0.2) is 8.42 Å². The Kier molecular flexibility index (Phi) is 6.84. The number of carbonyl (C=O) groups excluding carboxylic acids is 2. The topological polar surface area (TPSA) is 96.0 Å². The van der Waals surface area contributed by atoms with Gasteiger partial charge >= 0.3 is 0 Å². The summed E-state index contributed by atoms with van der Waals surface area (Å²) in [5, 5.41) is 2.79. The van der Waals surface area contributed by atoms with Gasteiger partial charge in [-0.15, -0.1) is 0 Å². The first-order valence-corrected chi connectivity index (χ1v) is 11.9. The second-order valence-corrected chi connectivity index (χ2v) is 9.23. The standard InChI is InChI=1S/C22H27N3O5S/c1-4-20(25(31(3,28)29)18-7-5-8-19(15-18)30-2)22(27)23-16-10-12-17(13-11-16)24-14-6-9-21(24)26/h5,7-8,10-13,15,20H,4,6,9,14H2,1-3H3,(H,23,27)/t20-/m1/s1. The fourth-order valence-electron chi connectivity index (χ4n) is 3.68. The SMILES string of the molecule is CC[C@H](C(=O)Nc1ccc(N2CCCC2=O)cc1)N(c1cccc(OC)c1)S(C)(=O)=O. The van der Waals surface area contributed by atoms with Crippen LogP contribution in [-0.2, 0) is 19.6 Å². The second kappa shape index (κ2) is 9.38. The zero-order valence-electron chi connectivity index (χ0n) is 17.9. The predicted molar refractivity (Wildman–Crippen MR) is 121 cm³/mol. The van der Waals surface area contributed by atoms with E-state index in [0.29, 0.717) is 30.1 Å². The van der Waals surface area contributed by atoms with Gasteiger partial charge in [0.15, 0.2) is 0 Å². The van der Waals surface area contributed by atoms with E-state index in [0.717, 1.165) is 22.7 Å². The third-order valence-corrected chi connectivity index (χ3v) is 6.34. The number of methoxy groups -OCH3 is 1. The third-order valence-electron chi connectivity index (χ3n) is 5.16. The van der Waals surface area contributed by atoms with Crippen LogP contribution in [-0.4, -0.2) is 46.2 Å². The zero-order valence-corrected chi connectivity index (χ0v) is 18.7. The molecule has 1 N–H and O–H groups in total. The van der Waals surface area contributed by atoms with E-state index in [1.54, 1.807) is 60.4 Å². The summed E-state index contributed by atoms with van der Waals surface area (Å²) in [6.07, 6.45) is 2.73. The quantitative estimate of drug-likeness (QED) is 0.674. The molecule has 0 aromatic heterocycles. The van der Waals surface area contributed by atoms with E-state index in [-0.39, 0.29) is 12.3 Å². The van der Waals surface area contributed by atoms with Crippen molar-refractivity contribution in [3.63, 3.8) is 0 Å². The lowest BCUT2D eigenvalue weighted by Gasteiger charge is -2.30. The van der Waals surface area contributed by atoms with Gasteiger partial charge in [0.1, 0.15) is 11.8 Å². The Morgan fingerprint density at radius 1 is 1.23 bits per heavy atom. The molecule has 31 heavy (non-hydrogen) atoms. The van der Waals surface area contributed by atoms with Crippen molar-refractivity contribution >= 4 is 38.9 Å². The molecule has 0 spiro atoms. The maximum atomic E-state index is 13.0. The molecule has 0 unspecified atom stereocenters. The number of benzene rings is 2. The van der Waals surface area contributed by atoms with Gasteiger partial charge in [-0.3, -0.25) is 13.9 Å². The predicted octanol–water partition coefficient (Wildman–Crippen LogP) is 3.01. The number of hydrogen-bond donors (Lipinski definition) is 1. The van der Waals surface area contributed by atoms with Crippen LogP contribution in [0.5, 0.6) is 5.75 Å². The minimum atomic E-state index is -3.74. The lowest BCUT2D eigenvalue weighted by molar-refractivity contribution is -0.118. The molecular weight excluding hydrogens is 418 g/mol. The summed E-state index contributed by atoms with van der Waals surface area (Å²) in [4.78, 5) is 26.7. The summed E-state index contributed by atoms with van der Waals surface area (Å²) >= 11 is 0.